The zero-order chi connectivity index (χ0) is 19.6. The minimum absolute atomic E-state index is 0.106. The SMILES string of the molecule is CC(C)N(c1ccccc1)c1ccc(C=C2C(=O)OC(C)(C)OC2=O)cc1. The summed E-state index contributed by atoms with van der Waals surface area (Å²) in [6, 6.07) is 18.0. The molecule has 5 heteroatoms. The van der Waals surface area contributed by atoms with Gasteiger partial charge in [-0.1, -0.05) is 30.3 Å². The third-order valence-corrected chi connectivity index (χ3v) is 4.15. The average molecular weight is 365 g/mol. The van der Waals surface area contributed by atoms with Crippen LogP contribution in [0.5, 0.6) is 0 Å². The summed E-state index contributed by atoms with van der Waals surface area (Å²) in [5.41, 5.74) is 2.73. The van der Waals surface area contributed by atoms with Crippen LogP contribution in [0.1, 0.15) is 33.3 Å². The molecule has 2 aromatic rings. The van der Waals surface area contributed by atoms with Gasteiger partial charge in [0.15, 0.2) is 0 Å². The second kappa shape index (κ2) is 7.27. The number of benzene rings is 2. The van der Waals surface area contributed by atoms with Crippen molar-refractivity contribution in [3.05, 3.63) is 65.7 Å². The zero-order valence-corrected chi connectivity index (χ0v) is 15.9. The zero-order valence-electron chi connectivity index (χ0n) is 15.9. The summed E-state index contributed by atoms with van der Waals surface area (Å²) in [6.45, 7) is 7.30. The fourth-order valence-electron chi connectivity index (χ4n) is 3.01. The van der Waals surface area contributed by atoms with Gasteiger partial charge in [-0.25, -0.2) is 9.59 Å². The molecule has 0 amide bonds. The van der Waals surface area contributed by atoms with Crippen LogP contribution in [0.25, 0.3) is 6.08 Å². The Morgan fingerprint density at radius 2 is 1.37 bits per heavy atom. The normalized spacial score (nSPS) is 16.0. The molecule has 0 radical (unpaired) electrons. The van der Waals surface area contributed by atoms with Crippen molar-refractivity contribution in [2.24, 2.45) is 0 Å². The highest BCUT2D eigenvalue weighted by molar-refractivity contribution is 6.18. The van der Waals surface area contributed by atoms with Crippen molar-refractivity contribution in [2.45, 2.75) is 39.5 Å². The van der Waals surface area contributed by atoms with Crippen LogP contribution in [0.4, 0.5) is 11.4 Å². The second-order valence-corrected chi connectivity index (χ2v) is 7.13. The van der Waals surface area contributed by atoms with Crippen molar-refractivity contribution >= 4 is 29.4 Å². The third-order valence-electron chi connectivity index (χ3n) is 4.15. The molecular weight excluding hydrogens is 342 g/mol. The highest BCUT2D eigenvalue weighted by Gasteiger charge is 2.38. The Hall–Kier alpha value is -3.08. The average Bonchev–Trinajstić information content (AvgIpc) is 2.59. The summed E-state index contributed by atoms with van der Waals surface area (Å²) < 4.78 is 10.2. The number of para-hydroxylation sites is 1. The van der Waals surface area contributed by atoms with Crippen molar-refractivity contribution in [3.8, 4) is 0 Å². The van der Waals surface area contributed by atoms with Gasteiger partial charge in [0.2, 0.25) is 0 Å². The molecule has 0 saturated carbocycles. The molecule has 2 aromatic carbocycles. The summed E-state index contributed by atoms with van der Waals surface area (Å²) in [4.78, 5) is 26.4. The van der Waals surface area contributed by atoms with Crippen molar-refractivity contribution < 1.29 is 19.1 Å². The third kappa shape index (κ3) is 4.19. The van der Waals surface area contributed by atoms with Crippen LogP contribution in [0.3, 0.4) is 0 Å². The molecule has 0 unspecified atom stereocenters. The second-order valence-electron chi connectivity index (χ2n) is 7.13. The number of nitrogens with zero attached hydrogens (tertiary/aromatic N) is 1. The number of carbonyl (C=O) groups is 2. The molecule has 3 rings (SSSR count). The van der Waals surface area contributed by atoms with E-state index in [4.69, 9.17) is 9.47 Å². The molecule has 140 valence electrons. The predicted molar refractivity (Wildman–Crippen MR) is 104 cm³/mol. The number of carbonyl (C=O) groups excluding carboxylic acids is 2. The maximum Gasteiger partial charge on any atom is 0.348 e. The van der Waals surface area contributed by atoms with Crippen LogP contribution in [-0.4, -0.2) is 23.8 Å². The highest BCUT2D eigenvalue weighted by atomic mass is 16.7. The van der Waals surface area contributed by atoms with E-state index in [0.717, 1.165) is 16.9 Å². The van der Waals surface area contributed by atoms with Crippen LogP contribution in [0, 0.1) is 0 Å². The summed E-state index contributed by atoms with van der Waals surface area (Å²) in [7, 11) is 0. The number of cyclic esters (lactones) is 2. The Kier molecular flexibility index (Phi) is 5.04. The van der Waals surface area contributed by atoms with E-state index >= 15 is 0 Å². The summed E-state index contributed by atoms with van der Waals surface area (Å²) in [6.07, 6.45) is 1.49. The molecule has 5 nitrogen and oxygen atoms in total. The Balaban J connectivity index is 1.87. The highest BCUT2D eigenvalue weighted by Crippen LogP contribution is 2.29. The molecule has 1 saturated heterocycles. The van der Waals surface area contributed by atoms with E-state index in [-0.39, 0.29) is 11.6 Å². The van der Waals surface area contributed by atoms with Gasteiger partial charge in [-0.3, -0.25) is 0 Å². The van der Waals surface area contributed by atoms with E-state index in [1.165, 1.54) is 19.9 Å². The number of hydrogen-bond donors (Lipinski definition) is 0. The van der Waals surface area contributed by atoms with Gasteiger partial charge in [0, 0.05) is 31.3 Å². The van der Waals surface area contributed by atoms with Gasteiger partial charge in [0.25, 0.3) is 5.79 Å². The van der Waals surface area contributed by atoms with Crippen LogP contribution in [0.2, 0.25) is 0 Å². The molecular formula is C22H23NO4. The first-order valence-electron chi connectivity index (χ1n) is 8.89. The fourth-order valence-corrected chi connectivity index (χ4v) is 3.01. The molecule has 27 heavy (non-hydrogen) atoms. The van der Waals surface area contributed by atoms with Crippen molar-refractivity contribution in [3.63, 3.8) is 0 Å². The lowest BCUT2D eigenvalue weighted by molar-refractivity contribution is -0.222. The fraction of sp³-hybridized carbons (Fsp3) is 0.273. The van der Waals surface area contributed by atoms with Crippen molar-refractivity contribution in [1.29, 1.82) is 0 Å². The molecule has 0 aliphatic carbocycles. The van der Waals surface area contributed by atoms with Gasteiger partial charge in [0.1, 0.15) is 5.57 Å². The predicted octanol–water partition coefficient (Wildman–Crippen LogP) is 4.45. The maximum absolute atomic E-state index is 12.1. The van der Waals surface area contributed by atoms with Crippen LogP contribution in [-0.2, 0) is 19.1 Å². The van der Waals surface area contributed by atoms with E-state index in [2.05, 4.69) is 30.9 Å². The monoisotopic (exact) mass is 365 g/mol. The summed E-state index contributed by atoms with van der Waals surface area (Å²) in [5, 5.41) is 0. The van der Waals surface area contributed by atoms with Gasteiger partial charge in [-0.15, -0.1) is 0 Å². The molecule has 0 bridgehead atoms. The van der Waals surface area contributed by atoms with Gasteiger partial charge in [-0.2, -0.15) is 0 Å². The van der Waals surface area contributed by atoms with E-state index < -0.39 is 17.7 Å². The number of esters is 2. The number of anilines is 2. The molecule has 1 aliphatic heterocycles. The largest absolute Gasteiger partial charge is 0.419 e. The van der Waals surface area contributed by atoms with Crippen LogP contribution >= 0.6 is 0 Å². The van der Waals surface area contributed by atoms with E-state index in [1.807, 2.05) is 42.5 Å². The Morgan fingerprint density at radius 3 is 1.89 bits per heavy atom. The smallest absolute Gasteiger partial charge is 0.348 e. The van der Waals surface area contributed by atoms with Gasteiger partial charge in [0.05, 0.1) is 0 Å². The van der Waals surface area contributed by atoms with Crippen LogP contribution in [0.15, 0.2) is 60.2 Å². The lowest BCUT2D eigenvalue weighted by atomic mass is 10.1. The van der Waals surface area contributed by atoms with Gasteiger partial charge < -0.3 is 14.4 Å². The molecule has 0 atom stereocenters. The quantitative estimate of drug-likeness (QED) is 0.455. The number of ether oxygens (including phenoxy) is 2. The van der Waals surface area contributed by atoms with Crippen molar-refractivity contribution in [1.82, 2.24) is 0 Å². The summed E-state index contributed by atoms with van der Waals surface area (Å²) in [5.74, 6) is -2.58. The Bertz CT molecular complexity index is 845. The lowest BCUT2D eigenvalue weighted by Crippen LogP contribution is -2.41. The standard InChI is InChI=1S/C22H23NO4/c1-15(2)23(17-8-6-5-7-9-17)18-12-10-16(11-13-18)14-19-20(24)26-22(3,4)27-21(19)25/h5-15H,1-4H3. The van der Waals surface area contributed by atoms with Gasteiger partial charge >= 0.3 is 11.9 Å². The lowest BCUT2D eigenvalue weighted by Gasteiger charge is -2.30. The minimum Gasteiger partial charge on any atom is -0.419 e. The number of rotatable bonds is 4. The van der Waals surface area contributed by atoms with Crippen LogP contribution < -0.4 is 4.90 Å². The topological polar surface area (TPSA) is 55.8 Å². The Labute approximate surface area is 159 Å². The maximum atomic E-state index is 12.1. The number of hydrogen-bond acceptors (Lipinski definition) is 5. The summed E-state index contributed by atoms with van der Waals surface area (Å²) >= 11 is 0. The van der Waals surface area contributed by atoms with E-state index in [1.54, 1.807) is 0 Å². The first-order valence-corrected chi connectivity index (χ1v) is 8.89. The molecule has 0 aromatic heterocycles. The molecule has 0 N–H and O–H groups in total. The first kappa shape index (κ1) is 18.7. The first-order chi connectivity index (χ1) is 12.8. The van der Waals surface area contributed by atoms with Crippen molar-refractivity contribution in [2.75, 3.05) is 4.90 Å². The molecule has 1 aliphatic rings. The molecule has 1 fully saturated rings. The molecule has 0 spiro atoms. The minimum atomic E-state index is -1.23. The Morgan fingerprint density at radius 1 is 0.852 bits per heavy atom. The van der Waals surface area contributed by atoms with Gasteiger partial charge in [-0.05, 0) is 49.8 Å². The van der Waals surface area contributed by atoms with E-state index in [9.17, 15) is 9.59 Å². The molecule has 1 heterocycles. The van der Waals surface area contributed by atoms with E-state index in [0.29, 0.717) is 0 Å².